The number of unbranched alkanes of at least 4 members (excludes halogenated alkanes) is 4. The van der Waals surface area contributed by atoms with Crippen LogP contribution in [-0.2, 0) is 4.79 Å². The molecule has 0 heterocycles. The first-order valence-corrected chi connectivity index (χ1v) is 7.25. The van der Waals surface area contributed by atoms with Crippen molar-refractivity contribution in [2.24, 2.45) is 0 Å². The molecule has 0 aromatic carbocycles. The number of rotatable bonds is 12. The fourth-order valence-electron chi connectivity index (χ4n) is 1.92. The summed E-state index contributed by atoms with van der Waals surface area (Å²) >= 11 is 0. The Kier molecular flexibility index (Phi) is 12.4. The van der Waals surface area contributed by atoms with Gasteiger partial charge in [0.2, 0.25) is 5.91 Å². The first kappa shape index (κ1) is 17.4. The van der Waals surface area contributed by atoms with Crippen molar-refractivity contribution in [3.63, 3.8) is 0 Å². The maximum atomic E-state index is 11.9. The van der Waals surface area contributed by atoms with Crippen LogP contribution in [0.25, 0.3) is 0 Å². The van der Waals surface area contributed by atoms with Gasteiger partial charge < -0.3 is 15.1 Å². The first-order chi connectivity index (χ1) is 8.76. The minimum absolute atomic E-state index is 0.0656. The van der Waals surface area contributed by atoms with Crippen LogP contribution in [0, 0.1) is 0 Å². The molecule has 0 saturated carbocycles. The second-order valence-electron chi connectivity index (χ2n) is 4.70. The van der Waals surface area contributed by atoms with Gasteiger partial charge in [-0.1, -0.05) is 32.6 Å². The summed E-state index contributed by atoms with van der Waals surface area (Å²) < 4.78 is 0. The predicted molar refractivity (Wildman–Crippen MR) is 73.4 cm³/mol. The quantitative estimate of drug-likeness (QED) is 0.527. The lowest BCUT2D eigenvalue weighted by atomic mass is 10.1. The molecule has 4 nitrogen and oxygen atoms in total. The zero-order valence-electron chi connectivity index (χ0n) is 11.7. The number of nitrogens with zero attached hydrogens (tertiary/aromatic N) is 1. The highest BCUT2D eigenvalue weighted by Gasteiger charge is 2.11. The van der Waals surface area contributed by atoms with Gasteiger partial charge >= 0.3 is 0 Å². The van der Waals surface area contributed by atoms with Crippen LogP contribution in [0.5, 0.6) is 0 Å². The highest BCUT2D eigenvalue weighted by atomic mass is 16.3. The number of hydrogen-bond donors (Lipinski definition) is 2. The van der Waals surface area contributed by atoms with E-state index in [-0.39, 0.29) is 19.1 Å². The Balaban J connectivity index is 3.86. The lowest BCUT2D eigenvalue weighted by molar-refractivity contribution is -0.131. The highest BCUT2D eigenvalue weighted by Crippen LogP contribution is 2.06. The van der Waals surface area contributed by atoms with Gasteiger partial charge in [-0.15, -0.1) is 0 Å². The minimum atomic E-state index is 0.0656. The molecule has 0 saturated heterocycles. The fourth-order valence-corrected chi connectivity index (χ4v) is 1.92. The molecule has 0 aromatic rings. The van der Waals surface area contributed by atoms with E-state index in [0.29, 0.717) is 25.8 Å². The van der Waals surface area contributed by atoms with Crippen molar-refractivity contribution in [1.29, 1.82) is 0 Å². The maximum absolute atomic E-state index is 11.9. The maximum Gasteiger partial charge on any atom is 0.222 e. The Hall–Kier alpha value is -0.610. The average Bonchev–Trinajstić information content (AvgIpc) is 2.39. The van der Waals surface area contributed by atoms with Gasteiger partial charge in [0.1, 0.15) is 0 Å². The standard InChI is InChI=1S/C14H29NO3/c1-2-3-4-5-6-10-15(11-8-13-17)14(18)9-7-12-16/h16-17H,2-13H2,1H3. The molecule has 0 radical (unpaired) electrons. The van der Waals surface area contributed by atoms with Crippen molar-refractivity contribution in [2.75, 3.05) is 26.3 Å². The molecule has 0 bridgehead atoms. The molecule has 4 heteroatoms. The van der Waals surface area contributed by atoms with E-state index in [1.807, 2.05) is 4.90 Å². The minimum Gasteiger partial charge on any atom is -0.396 e. The van der Waals surface area contributed by atoms with Crippen LogP contribution in [0.3, 0.4) is 0 Å². The summed E-state index contributed by atoms with van der Waals surface area (Å²) in [5, 5.41) is 17.6. The van der Waals surface area contributed by atoms with Crippen LogP contribution in [0.15, 0.2) is 0 Å². The number of aliphatic hydroxyl groups excluding tert-OH is 2. The van der Waals surface area contributed by atoms with Crippen molar-refractivity contribution >= 4 is 5.91 Å². The Labute approximate surface area is 111 Å². The predicted octanol–water partition coefficient (Wildman–Crippen LogP) is 1.94. The summed E-state index contributed by atoms with van der Waals surface area (Å²) in [4.78, 5) is 13.7. The van der Waals surface area contributed by atoms with E-state index in [1.54, 1.807) is 0 Å². The molecule has 0 aliphatic heterocycles. The smallest absolute Gasteiger partial charge is 0.222 e. The molecule has 2 N–H and O–H groups in total. The molecular formula is C14H29NO3. The van der Waals surface area contributed by atoms with E-state index in [1.165, 1.54) is 19.3 Å². The van der Waals surface area contributed by atoms with Gasteiger partial charge in [0.25, 0.3) is 0 Å². The Morgan fingerprint density at radius 3 is 2.11 bits per heavy atom. The molecule has 0 aliphatic carbocycles. The Morgan fingerprint density at radius 1 is 0.889 bits per heavy atom. The van der Waals surface area contributed by atoms with Crippen molar-refractivity contribution in [1.82, 2.24) is 4.90 Å². The van der Waals surface area contributed by atoms with Crippen LogP contribution in [0.1, 0.15) is 58.3 Å². The van der Waals surface area contributed by atoms with Gasteiger partial charge in [0.15, 0.2) is 0 Å². The van der Waals surface area contributed by atoms with Gasteiger partial charge in [-0.25, -0.2) is 0 Å². The normalized spacial score (nSPS) is 10.6. The summed E-state index contributed by atoms with van der Waals surface area (Å²) in [6, 6.07) is 0. The second-order valence-corrected chi connectivity index (χ2v) is 4.70. The van der Waals surface area contributed by atoms with E-state index >= 15 is 0 Å². The van der Waals surface area contributed by atoms with Crippen molar-refractivity contribution in [2.45, 2.75) is 58.3 Å². The molecule has 1 amide bonds. The molecule has 0 rings (SSSR count). The third-order valence-electron chi connectivity index (χ3n) is 3.02. The van der Waals surface area contributed by atoms with Gasteiger partial charge in [0.05, 0.1) is 0 Å². The lowest BCUT2D eigenvalue weighted by Gasteiger charge is -2.22. The second kappa shape index (κ2) is 12.8. The molecule has 0 aromatic heterocycles. The third-order valence-corrected chi connectivity index (χ3v) is 3.02. The van der Waals surface area contributed by atoms with Crippen LogP contribution in [0.4, 0.5) is 0 Å². The molecular weight excluding hydrogens is 230 g/mol. The summed E-state index contributed by atoms with van der Waals surface area (Å²) in [5.74, 6) is 0.105. The SMILES string of the molecule is CCCCCCCN(CCCO)C(=O)CCCO. The molecule has 0 fully saturated rings. The van der Waals surface area contributed by atoms with Crippen molar-refractivity contribution in [3.05, 3.63) is 0 Å². The monoisotopic (exact) mass is 259 g/mol. The summed E-state index contributed by atoms with van der Waals surface area (Å²) in [6.45, 7) is 3.80. The van der Waals surface area contributed by atoms with Gasteiger partial charge in [-0.3, -0.25) is 4.79 Å². The van der Waals surface area contributed by atoms with Gasteiger partial charge in [-0.05, 0) is 19.3 Å². The molecule has 0 aliphatic rings. The number of hydrogen-bond acceptors (Lipinski definition) is 3. The van der Waals surface area contributed by atoms with Gasteiger partial charge in [0, 0.05) is 32.7 Å². The summed E-state index contributed by atoms with van der Waals surface area (Å²) in [5.41, 5.74) is 0. The van der Waals surface area contributed by atoms with E-state index in [9.17, 15) is 4.79 Å². The van der Waals surface area contributed by atoms with Gasteiger partial charge in [-0.2, -0.15) is 0 Å². The first-order valence-electron chi connectivity index (χ1n) is 7.25. The Bertz CT molecular complexity index is 197. The van der Waals surface area contributed by atoms with Crippen LogP contribution < -0.4 is 0 Å². The average molecular weight is 259 g/mol. The van der Waals surface area contributed by atoms with E-state index in [0.717, 1.165) is 19.4 Å². The number of amides is 1. The molecule has 0 atom stereocenters. The zero-order chi connectivity index (χ0) is 13.6. The zero-order valence-corrected chi connectivity index (χ0v) is 11.7. The summed E-state index contributed by atoms with van der Waals surface area (Å²) in [6.07, 6.45) is 7.50. The van der Waals surface area contributed by atoms with E-state index in [4.69, 9.17) is 10.2 Å². The van der Waals surface area contributed by atoms with E-state index < -0.39 is 0 Å². The van der Waals surface area contributed by atoms with Crippen LogP contribution in [0.2, 0.25) is 0 Å². The molecule has 0 unspecified atom stereocenters. The van der Waals surface area contributed by atoms with E-state index in [2.05, 4.69) is 6.92 Å². The van der Waals surface area contributed by atoms with Crippen molar-refractivity contribution in [3.8, 4) is 0 Å². The molecule has 0 spiro atoms. The Morgan fingerprint density at radius 2 is 1.50 bits per heavy atom. The number of carbonyl (C=O) groups is 1. The largest absolute Gasteiger partial charge is 0.396 e. The summed E-state index contributed by atoms with van der Waals surface area (Å²) in [7, 11) is 0. The topological polar surface area (TPSA) is 60.8 Å². The number of carbonyl (C=O) groups excluding carboxylic acids is 1. The highest BCUT2D eigenvalue weighted by molar-refractivity contribution is 5.76. The van der Waals surface area contributed by atoms with Crippen LogP contribution >= 0.6 is 0 Å². The fraction of sp³-hybridized carbons (Fsp3) is 0.929. The van der Waals surface area contributed by atoms with Crippen molar-refractivity contribution < 1.29 is 15.0 Å². The van der Waals surface area contributed by atoms with Crippen LogP contribution in [-0.4, -0.2) is 47.3 Å². The molecule has 18 heavy (non-hydrogen) atoms. The lowest BCUT2D eigenvalue weighted by Crippen LogP contribution is -2.33. The molecule has 108 valence electrons. The number of aliphatic hydroxyl groups is 2. The third kappa shape index (κ3) is 9.42.